The topological polar surface area (TPSA) is 47.8 Å². The number of hydrogen-bond donors (Lipinski definition) is 0. The number of aromatic nitrogens is 3. The van der Waals surface area contributed by atoms with E-state index in [-0.39, 0.29) is 11.6 Å². The van der Waals surface area contributed by atoms with Crippen molar-refractivity contribution in [2.45, 2.75) is 6.04 Å². The van der Waals surface area contributed by atoms with Crippen molar-refractivity contribution in [3.8, 4) is 11.5 Å². The van der Waals surface area contributed by atoms with E-state index in [1.807, 2.05) is 60.7 Å². The van der Waals surface area contributed by atoms with Gasteiger partial charge < -0.3 is 0 Å². The van der Waals surface area contributed by atoms with Crippen LogP contribution in [0.4, 0.5) is 0 Å². The summed E-state index contributed by atoms with van der Waals surface area (Å²) in [6, 6.07) is 27.6. The molecule has 5 aromatic rings. The molecule has 1 unspecified atom stereocenters. The molecule has 3 aromatic carbocycles. The molecule has 28 heavy (non-hydrogen) atoms. The minimum absolute atomic E-state index is 0.0310. The second-order valence-electron chi connectivity index (χ2n) is 7.06. The van der Waals surface area contributed by atoms with E-state index < -0.39 is 0 Å². The number of para-hydroxylation sites is 2. The van der Waals surface area contributed by atoms with Gasteiger partial charge in [0.15, 0.2) is 5.82 Å². The Labute approximate surface area is 160 Å². The number of benzene rings is 3. The number of rotatable bonds is 1. The highest BCUT2D eigenvalue weighted by Crippen LogP contribution is 2.41. The fraction of sp³-hybridized carbons (Fsp3) is 0.0417. The number of hydrogen-bond acceptors (Lipinski definition) is 3. The van der Waals surface area contributed by atoms with Crippen molar-refractivity contribution < 1.29 is 0 Å². The standard InChI is InChI=1S/C24H15N3O/c28-24-17-11-5-7-13-20(17)26-23-21-18(14-16-10-4-6-12-19(16)25-21)22(27(23)24)15-8-2-1-3-9-15/h1-14,22H. The quantitative estimate of drug-likeness (QED) is 0.431. The average Bonchev–Trinajstić information content (AvgIpc) is 3.06. The lowest BCUT2D eigenvalue weighted by Crippen LogP contribution is -2.25. The SMILES string of the molecule is O=c1c2ccccc2nc2n1C(c1ccccc1)c1cc3ccccc3nc1-2. The molecule has 0 amide bonds. The van der Waals surface area contributed by atoms with Gasteiger partial charge in [0.1, 0.15) is 5.69 Å². The molecule has 0 bridgehead atoms. The lowest BCUT2D eigenvalue weighted by atomic mass is 9.98. The van der Waals surface area contributed by atoms with Crippen molar-refractivity contribution in [1.82, 2.24) is 14.5 Å². The van der Waals surface area contributed by atoms with E-state index in [2.05, 4.69) is 24.3 Å². The predicted molar refractivity (Wildman–Crippen MR) is 110 cm³/mol. The van der Waals surface area contributed by atoms with Crippen LogP contribution in [0, 0.1) is 0 Å². The smallest absolute Gasteiger partial charge is 0.262 e. The Morgan fingerprint density at radius 2 is 1.46 bits per heavy atom. The fourth-order valence-corrected chi connectivity index (χ4v) is 4.18. The van der Waals surface area contributed by atoms with Gasteiger partial charge in [-0.15, -0.1) is 0 Å². The molecule has 0 aliphatic carbocycles. The largest absolute Gasteiger partial charge is 0.279 e. The van der Waals surface area contributed by atoms with Gasteiger partial charge in [0.25, 0.3) is 5.56 Å². The molecule has 1 aliphatic rings. The van der Waals surface area contributed by atoms with E-state index in [4.69, 9.17) is 9.97 Å². The van der Waals surface area contributed by atoms with E-state index in [9.17, 15) is 4.79 Å². The first-order valence-electron chi connectivity index (χ1n) is 9.27. The lowest BCUT2D eigenvalue weighted by Gasteiger charge is -2.16. The van der Waals surface area contributed by atoms with Crippen molar-refractivity contribution in [2.24, 2.45) is 0 Å². The Bertz CT molecular complexity index is 1440. The normalized spacial score (nSPS) is 14.9. The van der Waals surface area contributed by atoms with Crippen LogP contribution in [-0.4, -0.2) is 14.5 Å². The summed E-state index contributed by atoms with van der Waals surface area (Å²) in [6.45, 7) is 0. The van der Waals surface area contributed by atoms with Crippen LogP contribution < -0.4 is 5.56 Å². The summed E-state index contributed by atoms with van der Waals surface area (Å²) in [5, 5.41) is 1.69. The third-order valence-corrected chi connectivity index (χ3v) is 5.44. The van der Waals surface area contributed by atoms with Gasteiger partial charge >= 0.3 is 0 Å². The first-order valence-corrected chi connectivity index (χ1v) is 9.27. The Morgan fingerprint density at radius 1 is 0.750 bits per heavy atom. The molecule has 0 spiro atoms. The van der Waals surface area contributed by atoms with E-state index in [0.29, 0.717) is 16.7 Å². The zero-order valence-corrected chi connectivity index (χ0v) is 14.9. The molecule has 6 rings (SSSR count). The van der Waals surface area contributed by atoms with E-state index >= 15 is 0 Å². The highest BCUT2D eigenvalue weighted by molar-refractivity contribution is 5.86. The fourth-order valence-electron chi connectivity index (χ4n) is 4.18. The highest BCUT2D eigenvalue weighted by Gasteiger charge is 2.34. The van der Waals surface area contributed by atoms with Crippen LogP contribution in [0.25, 0.3) is 33.3 Å². The van der Waals surface area contributed by atoms with Crippen molar-refractivity contribution in [1.29, 1.82) is 0 Å². The first kappa shape index (κ1) is 15.3. The summed E-state index contributed by atoms with van der Waals surface area (Å²) in [5.74, 6) is 0.637. The molecular weight excluding hydrogens is 346 g/mol. The van der Waals surface area contributed by atoms with Crippen LogP contribution >= 0.6 is 0 Å². The minimum atomic E-state index is -0.229. The van der Waals surface area contributed by atoms with Crippen LogP contribution in [0.15, 0.2) is 89.7 Å². The maximum absolute atomic E-state index is 13.5. The highest BCUT2D eigenvalue weighted by atomic mass is 16.1. The second kappa shape index (κ2) is 5.60. The summed E-state index contributed by atoms with van der Waals surface area (Å²) < 4.78 is 1.80. The maximum Gasteiger partial charge on any atom is 0.262 e. The zero-order chi connectivity index (χ0) is 18.7. The minimum Gasteiger partial charge on any atom is -0.279 e. The Hall–Kier alpha value is -3.79. The van der Waals surface area contributed by atoms with Gasteiger partial charge in [-0.25, -0.2) is 9.97 Å². The van der Waals surface area contributed by atoms with Gasteiger partial charge in [0, 0.05) is 10.9 Å². The lowest BCUT2D eigenvalue weighted by molar-refractivity contribution is 0.684. The number of fused-ring (bicyclic) bond motifs is 5. The van der Waals surface area contributed by atoms with E-state index in [1.165, 1.54) is 0 Å². The Balaban J connectivity index is 1.78. The van der Waals surface area contributed by atoms with Crippen molar-refractivity contribution >= 4 is 21.8 Å². The molecule has 1 aliphatic heterocycles. The predicted octanol–water partition coefficient (Wildman–Crippen LogP) is 4.56. The molecule has 0 saturated heterocycles. The third-order valence-electron chi connectivity index (χ3n) is 5.44. The van der Waals surface area contributed by atoms with Crippen LogP contribution in [-0.2, 0) is 0 Å². The summed E-state index contributed by atoms with van der Waals surface area (Å²) >= 11 is 0. The average molecular weight is 361 g/mol. The van der Waals surface area contributed by atoms with E-state index in [0.717, 1.165) is 27.7 Å². The molecule has 4 heteroatoms. The molecule has 4 nitrogen and oxygen atoms in total. The summed E-state index contributed by atoms with van der Waals surface area (Å²) in [7, 11) is 0. The van der Waals surface area contributed by atoms with Crippen LogP contribution in [0.1, 0.15) is 17.2 Å². The summed E-state index contributed by atoms with van der Waals surface area (Å²) in [6.07, 6.45) is 0. The van der Waals surface area contributed by atoms with Crippen LogP contribution in [0.3, 0.4) is 0 Å². The van der Waals surface area contributed by atoms with Gasteiger partial charge in [0.2, 0.25) is 0 Å². The number of pyridine rings is 1. The molecule has 0 fully saturated rings. The van der Waals surface area contributed by atoms with Crippen molar-refractivity contribution in [2.75, 3.05) is 0 Å². The van der Waals surface area contributed by atoms with Crippen molar-refractivity contribution in [3.05, 3.63) is 106 Å². The molecule has 2 aromatic heterocycles. The van der Waals surface area contributed by atoms with Gasteiger partial charge in [-0.3, -0.25) is 9.36 Å². The van der Waals surface area contributed by atoms with Gasteiger partial charge in [-0.1, -0.05) is 60.7 Å². The monoisotopic (exact) mass is 361 g/mol. The van der Waals surface area contributed by atoms with Crippen molar-refractivity contribution in [3.63, 3.8) is 0 Å². The van der Waals surface area contributed by atoms with Gasteiger partial charge in [-0.2, -0.15) is 0 Å². The van der Waals surface area contributed by atoms with E-state index in [1.54, 1.807) is 4.57 Å². The molecule has 1 atom stereocenters. The van der Waals surface area contributed by atoms with Crippen LogP contribution in [0.5, 0.6) is 0 Å². The molecule has 0 radical (unpaired) electrons. The number of nitrogens with zero attached hydrogens (tertiary/aromatic N) is 3. The Morgan fingerprint density at radius 3 is 2.32 bits per heavy atom. The summed E-state index contributed by atoms with van der Waals surface area (Å²) in [5.41, 5.74) is 4.44. The molecule has 3 heterocycles. The molecule has 132 valence electrons. The Kier molecular flexibility index (Phi) is 3.06. The molecule has 0 N–H and O–H groups in total. The zero-order valence-electron chi connectivity index (χ0n) is 14.9. The molecular formula is C24H15N3O. The van der Waals surface area contributed by atoms with Gasteiger partial charge in [0.05, 0.1) is 22.5 Å². The third kappa shape index (κ3) is 2.03. The van der Waals surface area contributed by atoms with Crippen LogP contribution in [0.2, 0.25) is 0 Å². The van der Waals surface area contributed by atoms with Gasteiger partial charge in [-0.05, 0) is 29.8 Å². The molecule has 0 saturated carbocycles. The second-order valence-corrected chi connectivity index (χ2v) is 7.06. The summed E-state index contributed by atoms with van der Waals surface area (Å²) in [4.78, 5) is 23.2. The first-order chi connectivity index (χ1) is 13.8. The maximum atomic E-state index is 13.5.